The zero-order valence-electron chi connectivity index (χ0n) is 12.2. The fourth-order valence-corrected chi connectivity index (χ4v) is 3.13. The van der Waals surface area contributed by atoms with Gasteiger partial charge in [-0.2, -0.15) is 0 Å². The van der Waals surface area contributed by atoms with Crippen LogP contribution in [0.1, 0.15) is 11.5 Å². The number of sulfonamides is 1. The Kier molecular flexibility index (Phi) is 4.03. The summed E-state index contributed by atoms with van der Waals surface area (Å²) in [6.07, 6.45) is 0.915. The number of carbonyl (C=O) groups excluding carboxylic acids is 2. The molecule has 1 aliphatic heterocycles. The standard InChI is InChI=1S/C11H14N4O7S/c1-7-5-8(13-22-7)11(9(17)18,12-6-16)14-3-4-15(10(14)19)23(2,20)21/h5-6H,3-4H2,1-2H3,(H,12,16)(H,17,18). The van der Waals surface area contributed by atoms with Gasteiger partial charge in [0.15, 0.2) is 0 Å². The third kappa shape index (κ3) is 2.60. The Balaban J connectivity index is 2.57. The van der Waals surface area contributed by atoms with Crippen molar-refractivity contribution in [3.8, 4) is 0 Å². The van der Waals surface area contributed by atoms with Crippen molar-refractivity contribution in [2.24, 2.45) is 0 Å². The Morgan fingerprint density at radius 1 is 1.52 bits per heavy atom. The number of aromatic nitrogens is 1. The Morgan fingerprint density at radius 2 is 2.17 bits per heavy atom. The first-order valence-corrected chi connectivity index (χ1v) is 8.17. The van der Waals surface area contributed by atoms with Crippen LogP contribution in [0.2, 0.25) is 0 Å². The van der Waals surface area contributed by atoms with Gasteiger partial charge in [0.2, 0.25) is 16.4 Å². The summed E-state index contributed by atoms with van der Waals surface area (Å²) in [4.78, 5) is 35.9. The number of rotatable bonds is 6. The van der Waals surface area contributed by atoms with Gasteiger partial charge >= 0.3 is 12.0 Å². The summed E-state index contributed by atoms with van der Waals surface area (Å²) < 4.78 is 28.5. The molecule has 23 heavy (non-hydrogen) atoms. The molecule has 0 radical (unpaired) electrons. The van der Waals surface area contributed by atoms with Crippen LogP contribution in [0.25, 0.3) is 0 Å². The number of aryl methyl sites for hydroxylation is 1. The van der Waals surface area contributed by atoms with E-state index in [-0.39, 0.29) is 31.0 Å². The Morgan fingerprint density at radius 3 is 2.57 bits per heavy atom. The number of amides is 3. The number of urea groups is 1. The van der Waals surface area contributed by atoms with Crippen molar-refractivity contribution in [2.75, 3.05) is 19.3 Å². The van der Waals surface area contributed by atoms with Crippen molar-refractivity contribution >= 4 is 28.4 Å². The summed E-state index contributed by atoms with van der Waals surface area (Å²) in [6.45, 7) is 1.01. The molecule has 2 heterocycles. The van der Waals surface area contributed by atoms with Gasteiger partial charge in [0.1, 0.15) is 11.5 Å². The smallest absolute Gasteiger partial charge is 0.357 e. The minimum absolute atomic E-state index is 0.0918. The minimum Gasteiger partial charge on any atom is -0.478 e. The number of hydrogen-bond acceptors (Lipinski definition) is 7. The molecule has 0 aliphatic carbocycles. The van der Waals surface area contributed by atoms with E-state index in [1.807, 2.05) is 0 Å². The molecule has 2 N–H and O–H groups in total. The molecule has 0 aromatic carbocycles. The van der Waals surface area contributed by atoms with E-state index in [2.05, 4.69) is 10.5 Å². The molecule has 126 valence electrons. The highest BCUT2D eigenvalue weighted by Crippen LogP contribution is 2.30. The second-order valence-corrected chi connectivity index (χ2v) is 6.78. The van der Waals surface area contributed by atoms with Gasteiger partial charge in [0.25, 0.3) is 5.66 Å². The number of carboxylic acid groups (broad SMARTS) is 1. The fourth-order valence-electron chi connectivity index (χ4n) is 2.33. The van der Waals surface area contributed by atoms with Crippen molar-refractivity contribution in [3.63, 3.8) is 0 Å². The summed E-state index contributed by atoms with van der Waals surface area (Å²) >= 11 is 0. The van der Waals surface area contributed by atoms with E-state index in [0.29, 0.717) is 9.21 Å². The lowest BCUT2D eigenvalue weighted by Gasteiger charge is -2.35. The van der Waals surface area contributed by atoms with Gasteiger partial charge in [-0.15, -0.1) is 0 Å². The van der Waals surface area contributed by atoms with E-state index in [4.69, 9.17) is 4.52 Å². The second kappa shape index (κ2) is 5.53. The molecule has 12 heteroatoms. The lowest BCUT2D eigenvalue weighted by molar-refractivity contribution is -0.154. The highest BCUT2D eigenvalue weighted by atomic mass is 32.2. The molecule has 1 atom stereocenters. The molecule has 11 nitrogen and oxygen atoms in total. The summed E-state index contributed by atoms with van der Waals surface area (Å²) in [5.74, 6) is -1.36. The number of nitrogens with zero attached hydrogens (tertiary/aromatic N) is 3. The maximum absolute atomic E-state index is 12.4. The van der Waals surface area contributed by atoms with Crippen LogP contribution < -0.4 is 5.32 Å². The van der Waals surface area contributed by atoms with Crippen molar-refractivity contribution < 1.29 is 32.4 Å². The topological polar surface area (TPSA) is 150 Å². The van der Waals surface area contributed by atoms with Gasteiger partial charge < -0.3 is 14.9 Å². The second-order valence-electron chi connectivity index (χ2n) is 4.87. The van der Waals surface area contributed by atoms with E-state index in [9.17, 15) is 27.9 Å². The quantitative estimate of drug-likeness (QED) is 0.601. The van der Waals surface area contributed by atoms with E-state index >= 15 is 0 Å². The van der Waals surface area contributed by atoms with Crippen LogP contribution in [-0.2, 0) is 25.3 Å². The predicted molar refractivity (Wildman–Crippen MR) is 73.4 cm³/mol. The van der Waals surface area contributed by atoms with Crippen molar-refractivity contribution in [2.45, 2.75) is 12.6 Å². The molecule has 1 aliphatic rings. The van der Waals surface area contributed by atoms with Crippen LogP contribution in [0.3, 0.4) is 0 Å². The largest absolute Gasteiger partial charge is 0.478 e. The normalized spacial score (nSPS) is 17.9. The molecule has 1 aromatic rings. The third-order valence-corrected chi connectivity index (χ3v) is 4.49. The van der Waals surface area contributed by atoms with Gasteiger partial charge in [-0.3, -0.25) is 9.69 Å². The lowest BCUT2D eigenvalue weighted by atomic mass is 10.0. The highest BCUT2D eigenvalue weighted by molar-refractivity contribution is 7.88. The van der Waals surface area contributed by atoms with Crippen molar-refractivity contribution in [1.82, 2.24) is 19.7 Å². The first kappa shape index (κ1) is 16.7. The third-order valence-electron chi connectivity index (χ3n) is 3.35. The monoisotopic (exact) mass is 346 g/mol. The zero-order valence-corrected chi connectivity index (χ0v) is 13.0. The van der Waals surface area contributed by atoms with Crippen LogP contribution in [0.5, 0.6) is 0 Å². The van der Waals surface area contributed by atoms with Gasteiger partial charge in [0, 0.05) is 12.6 Å². The van der Waals surface area contributed by atoms with Crippen molar-refractivity contribution in [3.05, 3.63) is 17.5 Å². The maximum Gasteiger partial charge on any atom is 0.357 e. The molecule has 0 saturated carbocycles. The Hall–Kier alpha value is -2.63. The predicted octanol–water partition coefficient (Wildman–Crippen LogP) is -1.34. The molecule has 1 aromatic heterocycles. The summed E-state index contributed by atoms with van der Waals surface area (Å²) in [5, 5.41) is 15.2. The van der Waals surface area contributed by atoms with E-state index in [1.54, 1.807) is 0 Å². The average molecular weight is 346 g/mol. The zero-order chi connectivity index (χ0) is 17.4. The molecule has 1 saturated heterocycles. The van der Waals surface area contributed by atoms with Gasteiger partial charge in [0.05, 0.1) is 12.8 Å². The summed E-state index contributed by atoms with van der Waals surface area (Å²) in [6, 6.07) is 0.158. The average Bonchev–Trinajstić information content (AvgIpc) is 3.02. The Labute approximate surface area is 130 Å². The van der Waals surface area contributed by atoms with E-state index in [0.717, 1.165) is 6.26 Å². The maximum atomic E-state index is 12.4. The van der Waals surface area contributed by atoms with Gasteiger partial charge in [-0.05, 0) is 6.92 Å². The number of hydrogen-bond donors (Lipinski definition) is 2. The van der Waals surface area contributed by atoms with Crippen molar-refractivity contribution in [1.29, 1.82) is 0 Å². The molecule has 2 rings (SSSR count). The molecule has 0 spiro atoms. The van der Waals surface area contributed by atoms with E-state index < -0.39 is 27.7 Å². The van der Waals surface area contributed by atoms with Gasteiger partial charge in [-0.25, -0.2) is 22.3 Å². The molecular weight excluding hydrogens is 332 g/mol. The lowest BCUT2D eigenvalue weighted by Crippen LogP contribution is -2.62. The minimum atomic E-state index is -3.87. The molecular formula is C11H14N4O7S. The summed E-state index contributed by atoms with van der Waals surface area (Å²) in [5.41, 5.74) is -2.62. The number of carboxylic acids is 1. The SMILES string of the molecule is Cc1cc(C(NC=O)(C(=O)O)N2CCN(S(C)(=O)=O)C2=O)no1. The van der Waals surface area contributed by atoms with Crippen LogP contribution in [-0.4, -0.2) is 65.6 Å². The molecule has 0 bridgehead atoms. The van der Waals surface area contributed by atoms with Crippen LogP contribution in [0.4, 0.5) is 4.79 Å². The summed E-state index contributed by atoms with van der Waals surface area (Å²) in [7, 11) is -3.87. The van der Waals surface area contributed by atoms with E-state index in [1.165, 1.54) is 13.0 Å². The highest BCUT2D eigenvalue weighted by Gasteiger charge is 2.55. The van der Waals surface area contributed by atoms with Gasteiger partial charge in [-0.1, -0.05) is 5.16 Å². The first-order chi connectivity index (χ1) is 10.6. The van der Waals surface area contributed by atoms with Crippen LogP contribution in [0, 0.1) is 6.92 Å². The van der Waals surface area contributed by atoms with Crippen LogP contribution >= 0.6 is 0 Å². The van der Waals surface area contributed by atoms with Crippen LogP contribution in [0.15, 0.2) is 10.6 Å². The fraction of sp³-hybridized carbons (Fsp3) is 0.455. The Bertz CT molecular complexity index is 758. The number of aliphatic carboxylic acids is 1. The number of nitrogens with one attached hydrogen (secondary N) is 1. The molecule has 3 amide bonds. The first-order valence-electron chi connectivity index (χ1n) is 6.32. The molecule has 1 unspecified atom stereocenters. The number of carbonyl (C=O) groups is 3. The molecule has 1 fully saturated rings.